The Morgan fingerprint density at radius 3 is 2.68 bits per heavy atom. The molecule has 2 rings (SSSR count). The Balaban J connectivity index is 1.88. The largest absolute Gasteiger partial charge is 0.334 e. The van der Waals surface area contributed by atoms with Crippen LogP contribution in [0.2, 0.25) is 5.02 Å². The van der Waals surface area contributed by atoms with Crippen LogP contribution in [-0.2, 0) is 6.54 Å². The van der Waals surface area contributed by atoms with Gasteiger partial charge in [0.05, 0.1) is 0 Å². The van der Waals surface area contributed by atoms with E-state index < -0.39 is 0 Å². The molecule has 1 heterocycles. The lowest BCUT2D eigenvalue weighted by molar-refractivity contribution is 0.251. The maximum Gasteiger partial charge on any atom is 0.319 e. The van der Waals surface area contributed by atoms with E-state index in [1.807, 2.05) is 19.1 Å². The van der Waals surface area contributed by atoms with Gasteiger partial charge in [-0.2, -0.15) is 0 Å². The third-order valence-electron chi connectivity index (χ3n) is 2.66. The molecule has 0 bridgehead atoms. The maximum absolute atomic E-state index is 11.7. The number of carbonyl (C=O) groups is 1. The molecule has 0 aliphatic carbocycles. The minimum absolute atomic E-state index is 0.259. The van der Waals surface area contributed by atoms with Gasteiger partial charge in [0, 0.05) is 29.1 Å². The summed E-state index contributed by atoms with van der Waals surface area (Å²) < 4.78 is 0. The molecule has 0 aliphatic rings. The van der Waals surface area contributed by atoms with Crippen LogP contribution in [0.3, 0.4) is 0 Å². The third kappa shape index (κ3) is 3.96. The Bertz CT molecular complexity index is 569. The smallest absolute Gasteiger partial charge is 0.319 e. The molecule has 5 heteroatoms. The molecule has 4 nitrogen and oxygen atoms in total. The molecule has 0 unspecified atom stereocenters. The summed E-state index contributed by atoms with van der Waals surface area (Å²) in [5, 5.41) is 6.15. The molecule has 0 radical (unpaired) electrons. The zero-order valence-electron chi connectivity index (χ0n) is 10.5. The Morgan fingerprint density at radius 2 is 2.00 bits per heavy atom. The number of benzene rings is 1. The second-order valence-corrected chi connectivity index (χ2v) is 4.50. The van der Waals surface area contributed by atoms with Crippen LogP contribution in [0.4, 0.5) is 10.5 Å². The number of nitrogens with one attached hydrogen (secondary N) is 2. The predicted molar refractivity (Wildman–Crippen MR) is 76.3 cm³/mol. The number of carbonyl (C=O) groups excluding carboxylic acids is 1. The van der Waals surface area contributed by atoms with Gasteiger partial charge in [-0.1, -0.05) is 17.7 Å². The minimum Gasteiger partial charge on any atom is -0.334 e. The summed E-state index contributed by atoms with van der Waals surface area (Å²) >= 11 is 5.77. The number of halogens is 1. The van der Waals surface area contributed by atoms with E-state index in [0.717, 1.165) is 11.3 Å². The summed E-state index contributed by atoms with van der Waals surface area (Å²) in [6.45, 7) is 2.35. The number of aromatic nitrogens is 1. The molecular formula is C14H14ClN3O. The second kappa shape index (κ2) is 6.20. The highest BCUT2D eigenvalue weighted by molar-refractivity contribution is 6.30. The zero-order chi connectivity index (χ0) is 13.7. The summed E-state index contributed by atoms with van der Waals surface area (Å²) in [6.07, 6.45) is 1.73. The second-order valence-electron chi connectivity index (χ2n) is 4.06. The average Bonchev–Trinajstić information content (AvgIpc) is 2.40. The van der Waals surface area contributed by atoms with Crippen molar-refractivity contribution in [2.45, 2.75) is 13.5 Å². The Morgan fingerprint density at radius 1 is 1.26 bits per heavy atom. The third-order valence-corrected chi connectivity index (χ3v) is 2.91. The molecule has 0 saturated heterocycles. The quantitative estimate of drug-likeness (QED) is 0.902. The normalized spacial score (nSPS) is 10.0. The van der Waals surface area contributed by atoms with E-state index in [1.54, 1.807) is 30.5 Å². The van der Waals surface area contributed by atoms with Crippen molar-refractivity contribution < 1.29 is 4.79 Å². The summed E-state index contributed by atoms with van der Waals surface area (Å²) in [4.78, 5) is 15.9. The Kier molecular flexibility index (Phi) is 4.36. The number of anilines is 1. The highest BCUT2D eigenvalue weighted by Crippen LogP contribution is 2.13. The first-order valence-electron chi connectivity index (χ1n) is 5.86. The van der Waals surface area contributed by atoms with Gasteiger partial charge in [-0.15, -0.1) is 0 Å². The average molecular weight is 276 g/mol. The molecule has 98 valence electrons. The van der Waals surface area contributed by atoms with Gasteiger partial charge in [0.15, 0.2) is 0 Å². The van der Waals surface area contributed by atoms with Crippen molar-refractivity contribution >= 4 is 23.3 Å². The standard InChI is InChI=1S/C14H14ClN3O/c1-10-11(3-2-8-16-10)9-17-14(19)18-13-6-4-12(15)5-7-13/h2-8H,9H2,1H3,(H2,17,18,19). The molecular weight excluding hydrogens is 262 g/mol. The molecule has 2 amide bonds. The van der Waals surface area contributed by atoms with Crippen LogP contribution in [0, 0.1) is 6.92 Å². The summed E-state index contributed by atoms with van der Waals surface area (Å²) in [6, 6.07) is 10.5. The van der Waals surface area contributed by atoms with E-state index in [2.05, 4.69) is 15.6 Å². The first kappa shape index (κ1) is 13.4. The fraction of sp³-hybridized carbons (Fsp3) is 0.143. The maximum atomic E-state index is 11.7. The molecule has 2 aromatic rings. The zero-order valence-corrected chi connectivity index (χ0v) is 11.2. The lowest BCUT2D eigenvalue weighted by Gasteiger charge is -2.09. The lowest BCUT2D eigenvalue weighted by atomic mass is 10.2. The fourth-order valence-electron chi connectivity index (χ4n) is 1.59. The van der Waals surface area contributed by atoms with E-state index in [-0.39, 0.29) is 6.03 Å². The molecule has 1 aromatic carbocycles. The van der Waals surface area contributed by atoms with Crippen LogP contribution < -0.4 is 10.6 Å². The Hall–Kier alpha value is -2.07. The molecule has 1 aromatic heterocycles. The van der Waals surface area contributed by atoms with Crippen molar-refractivity contribution in [3.8, 4) is 0 Å². The van der Waals surface area contributed by atoms with Crippen LogP contribution in [0.15, 0.2) is 42.6 Å². The van der Waals surface area contributed by atoms with Gasteiger partial charge in [0.2, 0.25) is 0 Å². The highest BCUT2D eigenvalue weighted by atomic mass is 35.5. The van der Waals surface area contributed by atoms with Crippen molar-refractivity contribution in [1.82, 2.24) is 10.3 Å². The van der Waals surface area contributed by atoms with Gasteiger partial charge in [0.25, 0.3) is 0 Å². The number of nitrogens with zero attached hydrogens (tertiary/aromatic N) is 1. The van der Waals surface area contributed by atoms with Crippen molar-refractivity contribution in [2.75, 3.05) is 5.32 Å². The number of rotatable bonds is 3. The highest BCUT2D eigenvalue weighted by Gasteiger charge is 2.03. The SMILES string of the molecule is Cc1ncccc1CNC(=O)Nc1ccc(Cl)cc1. The first-order chi connectivity index (χ1) is 9.15. The molecule has 2 N–H and O–H groups in total. The van der Waals surface area contributed by atoms with Crippen LogP contribution in [0.5, 0.6) is 0 Å². The monoisotopic (exact) mass is 275 g/mol. The molecule has 0 saturated carbocycles. The van der Waals surface area contributed by atoms with E-state index in [9.17, 15) is 4.79 Å². The van der Waals surface area contributed by atoms with Crippen molar-refractivity contribution in [2.24, 2.45) is 0 Å². The number of hydrogen-bond donors (Lipinski definition) is 2. The van der Waals surface area contributed by atoms with Crippen molar-refractivity contribution in [1.29, 1.82) is 0 Å². The summed E-state index contributed by atoms with van der Waals surface area (Å²) in [5.74, 6) is 0. The topological polar surface area (TPSA) is 54.0 Å². The summed E-state index contributed by atoms with van der Waals surface area (Å²) in [5.41, 5.74) is 2.60. The number of urea groups is 1. The van der Waals surface area contributed by atoms with Crippen LogP contribution in [-0.4, -0.2) is 11.0 Å². The lowest BCUT2D eigenvalue weighted by Crippen LogP contribution is -2.28. The molecule has 0 fully saturated rings. The molecule has 0 aliphatic heterocycles. The van der Waals surface area contributed by atoms with Crippen LogP contribution >= 0.6 is 11.6 Å². The Labute approximate surface area is 116 Å². The number of hydrogen-bond acceptors (Lipinski definition) is 2. The van der Waals surface area contributed by atoms with Gasteiger partial charge in [0.1, 0.15) is 0 Å². The molecule has 0 spiro atoms. The molecule has 0 atom stereocenters. The minimum atomic E-state index is -0.259. The predicted octanol–water partition coefficient (Wildman–Crippen LogP) is 3.37. The van der Waals surface area contributed by atoms with Gasteiger partial charge in [-0.05, 0) is 42.8 Å². The van der Waals surface area contributed by atoms with E-state index in [1.165, 1.54) is 0 Å². The van der Waals surface area contributed by atoms with E-state index in [0.29, 0.717) is 17.3 Å². The van der Waals surface area contributed by atoms with Crippen molar-refractivity contribution in [3.05, 3.63) is 58.9 Å². The summed E-state index contributed by atoms with van der Waals surface area (Å²) in [7, 11) is 0. The van der Waals surface area contributed by atoms with E-state index in [4.69, 9.17) is 11.6 Å². The first-order valence-corrected chi connectivity index (χ1v) is 6.24. The van der Waals surface area contributed by atoms with Crippen LogP contribution in [0.1, 0.15) is 11.3 Å². The van der Waals surface area contributed by atoms with Crippen molar-refractivity contribution in [3.63, 3.8) is 0 Å². The van der Waals surface area contributed by atoms with Gasteiger partial charge < -0.3 is 10.6 Å². The number of amides is 2. The van der Waals surface area contributed by atoms with E-state index >= 15 is 0 Å². The van der Waals surface area contributed by atoms with Gasteiger partial charge in [-0.25, -0.2) is 4.79 Å². The van der Waals surface area contributed by atoms with Gasteiger partial charge in [-0.3, -0.25) is 4.98 Å². The molecule has 19 heavy (non-hydrogen) atoms. The fourth-order valence-corrected chi connectivity index (χ4v) is 1.71. The number of pyridine rings is 1. The number of aryl methyl sites for hydroxylation is 1. The van der Waals surface area contributed by atoms with Gasteiger partial charge >= 0.3 is 6.03 Å². The van der Waals surface area contributed by atoms with Crippen LogP contribution in [0.25, 0.3) is 0 Å².